The van der Waals surface area contributed by atoms with Crippen LogP contribution in [0.25, 0.3) is 0 Å². The molecule has 0 amide bonds. The van der Waals surface area contributed by atoms with E-state index in [0.717, 1.165) is 24.3 Å². The molecule has 1 aromatic heterocycles. The maximum atomic E-state index is 12.5. The molecule has 0 bridgehead atoms. The van der Waals surface area contributed by atoms with E-state index >= 15 is 0 Å². The van der Waals surface area contributed by atoms with E-state index in [-0.39, 0.29) is 0 Å². The van der Waals surface area contributed by atoms with E-state index < -0.39 is 10.0 Å². The van der Waals surface area contributed by atoms with E-state index in [1.165, 1.54) is 28.5 Å². The Morgan fingerprint density at radius 2 is 2.10 bits per heavy atom. The van der Waals surface area contributed by atoms with Crippen LogP contribution < -0.4 is 5.32 Å². The smallest absolute Gasteiger partial charge is 0.252 e. The molecule has 4 nitrogen and oxygen atoms in total. The van der Waals surface area contributed by atoms with E-state index in [2.05, 4.69) is 12.2 Å². The fraction of sp³-hybridized carbons (Fsp3) is 0.733. The first-order valence-electron chi connectivity index (χ1n) is 7.75. The lowest BCUT2D eigenvalue weighted by Crippen LogP contribution is -2.28. The van der Waals surface area contributed by atoms with E-state index in [9.17, 15) is 8.42 Å². The third-order valence-corrected chi connectivity index (χ3v) is 7.89. The predicted molar refractivity (Wildman–Crippen MR) is 86.1 cm³/mol. The molecule has 0 radical (unpaired) electrons. The number of nitrogens with zero attached hydrogens (tertiary/aromatic N) is 1. The van der Waals surface area contributed by atoms with Gasteiger partial charge in [-0.15, -0.1) is 11.3 Å². The fourth-order valence-electron chi connectivity index (χ4n) is 2.55. The zero-order chi connectivity index (χ0) is 15.0. The summed E-state index contributed by atoms with van der Waals surface area (Å²) in [5.41, 5.74) is 0. The van der Waals surface area contributed by atoms with Gasteiger partial charge in [-0.05, 0) is 49.7 Å². The summed E-state index contributed by atoms with van der Waals surface area (Å²) in [6.45, 7) is 3.78. The lowest BCUT2D eigenvalue weighted by atomic mass is 10.3. The Bertz CT molecular complexity index is 593. The molecule has 2 atom stereocenters. The number of nitrogens with one attached hydrogen (secondary N) is 1. The van der Waals surface area contributed by atoms with Crippen molar-refractivity contribution >= 4 is 21.4 Å². The zero-order valence-corrected chi connectivity index (χ0v) is 14.3. The van der Waals surface area contributed by atoms with Crippen LogP contribution in [-0.4, -0.2) is 38.9 Å². The summed E-state index contributed by atoms with van der Waals surface area (Å²) < 4.78 is 27.1. The Balaban J connectivity index is 1.57. The molecule has 2 aliphatic rings. The Hall–Kier alpha value is -0.430. The molecule has 1 heterocycles. The summed E-state index contributed by atoms with van der Waals surface area (Å²) in [5, 5.41) is 3.46. The van der Waals surface area contributed by atoms with Crippen molar-refractivity contribution in [2.75, 3.05) is 20.1 Å². The van der Waals surface area contributed by atoms with Crippen molar-refractivity contribution in [2.45, 2.75) is 42.9 Å². The summed E-state index contributed by atoms with van der Waals surface area (Å²) >= 11 is 1.42. The predicted octanol–water partition coefficient (Wildman–Crippen LogP) is 2.32. The quantitative estimate of drug-likeness (QED) is 0.797. The van der Waals surface area contributed by atoms with Gasteiger partial charge in [-0.3, -0.25) is 0 Å². The molecule has 2 unspecified atom stereocenters. The van der Waals surface area contributed by atoms with Crippen LogP contribution in [0.4, 0.5) is 0 Å². The number of thiophene rings is 1. The van der Waals surface area contributed by atoms with Crippen LogP contribution in [0.15, 0.2) is 16.3 Å². The first-order valence-corrected chi connectivity index (χ1v) is 10.0. The maximum absolute atomic E-state index is 12.5. The van der Waals surface area contributed by atoms with Crippen LogP contribution in [0.3, 0.4) is 0 Å². The summed E-state index contributed by atoms with van der Waals surface area (Å²) in [5.74, 6) is 1.22. The van der Waals surface area contributed by atoms with Gasteiger partial charge >= 0.3 is 0 Å². The monoisotopic (exact) mass is 328 g/mol. The van der Waals surface area contributed by atoms with Crippen molar-refractivity contribution in [3.63, 3.8) is 0 Å². The second-order valence-electron chi connectivity index (χ2n) is 6.46. The van der Waals surface area contributed by atoms with Gasteiger partial charge in [0.15, 0.2) is 0 Å². The highest BCUT2D eigenvalue weighted by Crippen LogP contribution is 2.39. The minimum atomic E-state index is -3.29. The summed E-state index contributed by atoms with van der Waals surface area (Å²) in [6.07, 6.45) is 4.64. The second kappa shape index (κ2) is 5.99. The van der Waals surface area contributed by atoms with Gasteiger partial charge in [0.1, 0.15) is 4.21 Å². The molecule has 6 heteroatoms. The van der Waals surface area contributed by atoms with Crippen molar-refractivity contribution in [2.24, 2.45) is 11.8 Å². The van der Waals surface area contributed by atoms with Gasteiger partial charge in [-0.2, -0.15) is 4.31 Å². The highest BCUT2D eigenvalue weighted by Gasteiger charge is 2.36. The van der Waals surface area contributed by atoms with Crippen LogP contribution >= 0.6 is 11.3 Å². The number of hydrogen-bond donors (Lipinski definition) is 1. The summed E-state index contributed by atoms with van der Waals surface area (Å²) in [6, 6.07) is 4.43. The molecule has 0 aliphatic heterocycles. The van der Waals surface area contributed by atoms with Gasteiger partial charge in [0.05, 0.1) is 0 Å². The van der Waals surface area contributed by atoms with Gasteiger partial charge in [-0.25, -0.2) is 8.42 Å². The molecule has 2 fully saturated rings. The van der Waals surface area contributed by atoms with Crippen LogP contribution in [0.1, 0.15) is 31.1 Å². The number of hydrogen-bond acceptors (Lipinski definition) is 4. The molecule has 2 aliphatic carbocycles. The molecule has 118 valence electrons. The van der Waals surface area contributed by atoms with Crippen molar-refractivity contribution < 1.29 is 8.42 Å². The zero-order valence-electron chi connectivity index (χ0n) is 12.7. The number of sulfonamides is 1. The van der Waals surface area contributed by atoms with Gasteiger partial charge < -0.3 is 5.32 Å². The van der Waals surface area contributed by atoms with Crippen molar-refractivity contribution in [3.8, 4) is 0 Å². The minimum Gasteiger partial charge on any atom is -0.314 e. The van der Waals surface area contributed by atoms with E-state index in [1.807, 2.05) is 6.07 Å². The SMILES string of the molecule is CC1CC1CN(C)S(=O)(=O)c1ccc(CCNC2CC2)s1. The maximum Gasteiger partial charge on any atom is 0.252 e. The Kier molecular flexibility index (Phi) is 4.41. The Morgan fingerprint density at radius 3 is 2.71 bits per heavy atom. The van der Waals surface area contributed by atoms with Gasteiger partial charge in [0.2, 0.25) is 0 Å². The third kappa shape index (κ3) is 3.86. The number of rotatable bonds is 8. The van der Waals surface area contributed by atoms with Crippen molar-refractivity contribution in [1.82, 2.24) is 9.62 Å². The van der Waals surface area contributed by atoms with E-state index in [1.54, 1.807) is 13.1 Å². The molecule has 1 N–H and O–H groups in total. The van der Waals surface area contributed by atoms with Gasteiger partial charge in [0.25, 0.3) is 10.0 Å². The second-order valence-corrected chi connectivity index (χ2v) is 9.90. The first-order chi connectivity index (χ1) is 9.96. The van der Waals surface area contributed by atoms with E-state index in [0.29, 0.717) is 28.6 Å². The van der Waals surface area contributed by atoms with Crippen LogP contribution in [0, 0.1) is 11.8 Å². The van der Waals surface area contributed by atoms with Gasteiger partial charge in [-0.1, -0.05) is 6.92 Å². The molecule has 0 spiro atoms. The summed E-state index contributed by atoms with van der Waals surface area (Å²) in [7, 11) is -1.59. The highest BCUT2D eigenvalue weighted by molar-refractivity contribution is 7.91. The molecule has 2 saturated carbocycles. The highest BCUT2D eigenvalue weighted by atomic mass is 32.2. The molecule has 3 rings (SSSR count). The topological polar surface area (TPSA) is 49.4 Å². The Morgan fingerprint density at radius 1 is 1.38 bits per heavy atom. The molecule has 1 aromatic rings. The average molecular weight is 329 g/mol. The molecule has 21 heavy (non-hydrogen) atoms. The molecule has 0 aromatic carbocycles. The normalized spacial score (nSPS) is 25.5. The molecular formula is C15H24N2O2S2. The van der Waals surface area contributed by atoms with Crippen molar-refractivity contribution in [1.29, 1.82) is 0 Å². The Labute approximate surface area is 131 Å². The average Bonchev–Trinajstić information content (AvgIpc) is 3.31. The summed E-state index contributed by atoms with van der Waals surface area (Å²) in [4.78, 5) is 1.15. The van der Waals surface area contributed by atoms with E-state index in [4.69, 9.17) is 0 Å². The largest absolute Gasteiger partial charge is 0.314 e. The van der Waals surface area contributed by atoms with Gasteiger partial charge in [0, 0.05) is 31.1 Å². The lowest BCUT2D eigenvalue weighted by molar-refractivity contribution is 0.446. The van der Waals surface area contributed by atoms with Crippen LogP contribution in [0.5, 0.6) is 0 Å². The van der Waals surface area contributed by atoms with Crippen LogP contribution in [0.2, 0.25) is 0 Å². The standard InChI is InChI=1S/C15H24N2O2S2/c1-11-9-12(11)10-17(2)21(18,19)15-6-5-14(20-15)7-8-16-13-3-4-13/h5-6,11-13,16H,3-4,7-10H2,1-2H3. The third-order valence-electron chi connectivity index (χ3n) is 4.45. The molecule has 0 saturated heterocycles. The lowest BCUT2D eigenvalue weighted by Gasteiger charge is -2.15. The van der Waals surface area contributed by atoms with Crippen molar-refractivity contribution in [3.05, 3.63) is 17.0 Å². The van der Waals surface area contributed by atoms with Crippen LogP contribution in [-0.2, 0) is 16.4 Å². The minimum absolute atomic E-state index is 0.486. The fourth-order valence-corrected chi connectivity index (χ4v) is 5.35. The first kappa shape index (κ1) is 15.5. The molecular weight excluding hydrogens is 304 g/mol.